The van der Waals surface area contributed by atoms with E-state index in [4.69, 9.17) is 0 Å². The van der Waals surface area contributed by atoms with Crippen LogP contribution in [0.3, 0.4) is 0 Å². The molecule has 0 saturated carbocycles. The van der Waals surface area contributed by atoms with Gasteiger partial charge in [-0.3, -0.25) is 9.59 Å². The Balaban J connectivity index is 2.25. The molecule has 1 aromatic heterocycles. The first-order valence-electron chi connectivity index (χ1n) is 4.32. The van der Waals surface area contributed by atoms with Gasteiger partial charge in [0.05, 0.1) is 7.11 Å². The first-order valence-corrected chi connectivity index (χ1v) is 5.26. The van der Waals surface area contributed by atoms with E-state index in [2.05, 4.69) is 4.74 Å². The number of rotatable bonds is 5. The second-order valence-corrected chi connectivity index (χ2v) is 3.70. The summed E-state index contributed by atoms with van der Waals surface area (Å²) in [6, 6.07) is 1.98. The van der Waals surface area contributed by atoms with Gasteiger partial charge in [-0.15, -0.1) is 0 Å². The Hall–Kier alpha value is -1.16. The molecule has 0 aliphatic heterocycles. The van der Waals surface area contributed by atoms with Crippen LogP contribution in [0.15, 0.2) is 16.8 Å². The van der Waals surface area contributed by atoms with Crippen molar-refractivity contribution in [1.82, 2.24) is 0 Å². The van der Waals surface area contributed by atoms with E-state index in [1.54, 1.807) is 11.3 Å². The third-order valence-corrected chi connectivity index (χ3v) is 2.57. The maximum Gasteiger partial charge on any atom is 0.313 e. The van der Waals surface area contributed by atoms with Crippen LogP contribution in [0.25, 0.3) is 0 Å². The van der Waals surface area contributed by atoms with Crippen molar-refractivity contribution in [2.45, 2.75) is 19.3 Å². The minimum absolute atomic E-state index is 0.0666. The normalized spacial score (nSPS) is 9.79. The van der Waals surface area contributed by atoms with Gasteiger partial charge in [0.2, 0.25) is 0 Å². The van der Waals surface area contributed by atoms with Crippen molar-refractivity contribution >= 4 is 23.1 Å². The highest BCUT2D eigenvalue weighted by atomic mass is 32.1. The molecule has 0 aliphatic carbocycles. The van der Waals surface area contributed by atoms with Crippen LogP contribution in [-0.2, 0) is 20.7 Å². The first-order chi connectivity index (χ1) is 6.72. The number of aryl methyl sites for hydroxylation is 1. The number of ketones is 1. The van der Waals surface area contributed by atoms with Crippen LogP contribution in [-0.4, -0.2) is 18.9 Å². The largest absolute Gasteiger partial charge is 0.469 e. The van der Waals surface area contributed by atoms with E-state index in [9.17, 15) is 9.59 Å². The molecular formula is C10H12O3S. The number of methoxy groups -OCH3 is 1. The van der Waals surface area contributed by atoms with Crippen LogP contribution in [0.1, 0.15) is 18.4 Å². The average molecular weight is 212 g/mol. The molecule has 0 spiro atoms. The van der Waals surface area contributed by atoms with Gasteiger partial charge in [0, 0.05) is 6.42 Å². The molecule has 0 aliphatic rings. The maximum absolute atomic E-state index is 11.2. The zero-order valence-corrected chi connectivity index (χ0v) is 8.80. The monoisotopic (exact) mass is 212 g/mol. The van der Waals surface area contributed by atoms with Crippen LogP contribution in [0.2, 0.25) is 0 Å². The lowest BCUT2D eigenvalue weighted by molar-refractivity contribution is -0.143. The van der Waals surface area contributed by atoms with Gasteiger partial charge in [0.15, 0.2) is 0 Å². The third kappa shape index (κ3) is 3.70. The molecule has 0 N–H and O–H groups in total. The van der Waals surface area contributed by atoms with E-state index < -0.39 is 5.97 Å². The predicted molar refractivity (Wildman–Crippen MR) is 54.3 cm³/mol. The van der Waals surface area contributed by atoms with Gasteiger partial charge in [0.25, 0.3) is 0 Å². The summed E-state index contributed by atoms with van der Waals surface area (Å²) < 4.78 is 4.40. The molecule has 1 heterocycles. The lowest BCUT2D eigenvalue weighted by Crippen LogP contribution is -2.09. The van der Waals surface area contributed by atoms with Gasteiger partial charge < -0.3 is 4.74 Å². The third-order valence-electron chi connectivity index (χ3n) is 1.84. The molecule has 0 atom stereocenters. The second-order valence-electron chi connectivity index (χ2n) is 2.92. The van der Waals surface area contributed by atoms with Gasteiger partial charge in [0.1, 0.15) is 12.2 Å². The molecule has 1 rings (SSSR count). The van der Waals surface area contributed by atoms with Gasteiger partial charge >= 0.3 is 5.97 Å². The maximum atomic E-state index is 11.2. The van der Waals surface area contributed by atoms with Crippen molar-refractivity contribution in [3.8, 4) is 0 Å². The molecule has 0 bridgehead atoms. The number of esters is 1. The van der Waals surface area contributed by atoms with E-state index in [0.717, 1.165) is 5.56 Å². The quantitative estimate of drug-likeness (QED) is 0.552. The molecule has 4 heteroatoms. The van der Waals surface area contributed by atoms with Crippen molar-refractivity contribution in [2.75, 3.05) is 7.11 Å². The summed E-state index contributed by atoms with van der Waals surface area (Å²) in [5, 5.41) is 3.98. The van der Waals surface area contributed by atoms with Crippen molar-refractivity contribution in [1.29, 1.82) is 0 Å². The number of ether oxygens (including phenoxy) is 1. The molecule has 0 aromatic carbocycles. The Kier molecular flexibility index (Phi) is 4.32. The fourth-order valence-corrected chi connectivity index (χ4v) is 1.74. The minimum Gasteiger partial charge on any atom is -0.469 e. The van der Waals surface area contributed by atoms with Gasteiger partial charge in [-0.1, -0.05) is 0 Å². The summed E-state index contributed by atoms with van der Waals surface area (Å²) >= 11 is 1.61. The lowest BCUT2D eigenvalue weighted by atomic mass is 10.1. The molecule has 1 aromatic rings. The van der Waals surface area contributed by atoms with E-state index in [0.29, 0.717) is 12.8 Å². The van der Waals surface area contributed by atoms with Crippen LogP contribution in [0, 0.1) is 0 Å². The molecule has 0 unspecified atom stereocenters. The van der Waals surface area contributed by atoms with Crippen LogP contribution in [0.5, 0.6) is 0 Å². The molecule has 76 valence electrons. The van der Waals surface area contributed by atoms with Crippen molar-refractivity contribution in [2.24, 2.45) is 0 Å². The highest BCUT2D eigenvalue weighted by molar-refractivity contribution is 7.07. The van der Waals surface area contributed by atoms with E-state index >= 15 is 0 Å². The van der Waals surface area contributed by atoms with Gasteiger partial charge in [-0.05, 0) is 28.8 Å². The van der Waals surface area contributed by atoms with Crippen LogP contribution >= 0.6 is 11.3 Å². The Morgan fingerprint density at radius 2 is 2.29 bits per heavy atom. The SMILES string of the molecule is COC(=O)CC(=O)CCc1ccsc1. The second kappa shape index (κ2) is 5.54. The fourth-order valence-electron chi connectivity index (χ4n) is 1.04. The van der Waals surface area contributed by atoms with Crippen molar-refractivity contribution in [3.05, 3.63) is 22.4 Å². The molecule has 14 heavy (non-hydrogen) atoms. The van der Waals surface area contributed by atoms with E-state index in [-0.39, 0.29) is 12.2 Å². The Morgan fingerprint density at radius 1 is 1.50 bits per heavy atom. The van der Waals surface area contributed by atoms with Crippen molar-refractivity contribution < 1.29 is 14.3 Å². The van der Waals surface area contributed by atoms with Gasteiger partial charge in [-0.25, -0.2) is 0 Å². The molecular weight excluding hydrogens is 200 g/mol. The van der Waals surface area contributed by atoms with Crippen LogP contribution in [0.4, 0.5) is 0 Å². The Labute approximate surface area is 86.7 Å². The van der Waals surface area contributed by atoms with E-state index in [1.165, 1.54) is 7.11 Å². The van der Waals surface area contributed by atoms with Crippen molar-refractivity contribution in [3.63, 3.8) is 0 Å². The summed E-state index contributed by atoms with van der Waals surface area (Å²) in [5.41, 5.74) is 1.15. The molecule has 3 nitrogen and oxygen atoms in total. The Bertz CT molecular complexity index is 303. The number of carbonyl (C=O) groups is 2. The number of Topliss-reactive ketones (excluding diaryl/α,β-unsaturated/α-hetero) is 1. The lowest BCUT2D eigenvalue weighted by Gasteiger charge is -1.98. The number of thiophene rings is 1. The highest BCUT2D eigenvalue weighted by Crippen LogP contribution is 2.09. The summed E-state index contributed by atoms with van der Waals surface area (Å²) in [4.78, 5) is 22.0. The molecule has 0 radical (unpaired) electrons. The first kappa shape index (κ1) is 10.9. The smallest absolute Gasteiger partial charge is 0.313 e. The molecule has 0 amide bonds. The molecule has 0 fully saturated rings. The highest BCUT2D eigenvalue weighted by Gasteiger charge is 2.09. The van der Waals surface area contributed by atoms with Crippen LogP contribution < -0.4 is 0 Å². The zero-order chi connectivity index (χ0) is 10.4. The number of hydrogen-bond acceptors (Lipinski definition) is 4. The topological polar surface area (TPSA) is 43.4 Å². The summed E-state index contributed by atoms with van der Waals surface area (Å²) in [6.45, 7) is 0. The standard InChI is InChI=1S/C10H12O3S/c1-13-10(12)6-9(11)3-2-8-4-5-14-7-8/h4-5,7H,2-3,6H2,1H3. The Morgan fingerprint density at radius 3 is 2.86 bits per heavy atom. The number of carbonyl (C=O) groups excluding carboxylic acids is 2. The zero-order valence-electron chi connectivity index (χ0n) is 7.99. The molecule has 0 saturated heterocycles. The summed E-state index contributed by atoms with van der Waals surface area (Å²) in [7, 11) is 1.29. The minimum atomic E-state index is -0.458. The fraction of sp³-hybridized carbons (Fsp3) is 0.400. The average Bonchev–Trinajstić information content (AvgIpc) is 2.67. The number of hydrogen-bond donors (Lipinski definition) is 0. The van der Waals surface area contributed by atoms with E-state index in [1.807, 2.05) is 16.8 Å². The summed E-state index contributed by atoms with van der Waals surface area (Å²) in [6.07, 6.45) is 1.01. The predicted octanol–water partition coefficient (Wildman–Crippen LogP) is 1.81. The summed E-state index contributed by atoms with van der Waals surface area (Å²) in [5.74, 6) is -0.525. The van der Waals surface area contributed by atoms with Gasteiger partial charge in [-0.2, -0.15) is 11.3 Å².